The average molecular weight is 315 g/mol. The summed E-state index contributed by atoms with van der Waals surface area (Å²) in [6.45, 7) is 1.36. The summed E-state index contributed by atoms with van der Waals surface area (Å²) in [7, 11) is 4.26. The zero-order chi connectivity index (χ0) is 15.9. The molecule has 7 heteroatoms. The number of aromatic hydroxyl groups is 2. The highest BCUT2D eigenvalue weighted by molar-refractivity contribution is 6.60. The average Bonchev–Trinajstić information content (AvgIpc) is 2.49. The Kier molecular flexibility index (Phi) is 7.13. The van der Waals surface area contributed by atoms with E-state index in [1.165, 1.54) is 6.07 Å². The molecule has 0 heterocycles. The molecular weight excluding hydrogens is 290 g/mol. The van der Waals surface area contributed by atoms with Crippen LogP contribution in [0.15, 0.2) is 18.2 Å². The van der Waals surface area contributed by atoms with Gasteiger partial charge in [-0.15, -0.1) is 0 Å². The minimum Gasteiger partial charge on any atom is -0.504 e. The second-order valence-electron chi connectivity index (χ2n) is 4.92. The lowest BCUT2D eigenvalue weighted by Crippen LogP contribution is -2.43. The predicted octanol–water partition coefficient (Wildman–Crippen LogP) is 1.80. The number of hydrogen-bond donors (Lipinski definition) is 2. The first-order valence-corrected chi connectivity index (χ1v) is 8.75. The topological polar surface area (TPSA) is 71.4 Å². The third-order valence-electron chi connectivity index (χ3n) is 3.49. The van der Waals surface area contributed by atoms with Crippen molar-refractivity contribution in [1.29, 1.82) is 0 Å². The molecule has 0 fully saturated rings. The maximum absolute atomic E-state index is 9.79. The lowest BCUT2D eigenvalue weighted by atomic mass is 10.1. The van der Waals surface area contributed by atoms with Crippen LogP contribution in [0.2, 0.25) is 6.04 Å². The minimum atomic E-state index is -2.51. The van der Waals surface area contributed by atoms with E-state index in [4.69, 9.17) is 13.3 Å². The largest absolute Gasteiger partial charge is 0.504 e. The van der Waals surface area contributed by atoms with Gasteiger partial charge < -0.3 is 28.4 Å². The molecule has 0 amide bonds. The van der Waals surface area contributed by atoms with Gasteiger partial charge in [0, 0.05) is 39.5 Å². The van der Waals surface area contributed by atoms with Crippen LogP contribution in [-0.4, -0.2) is 58.8 Å². The SMILES string of the molecule is CO[Si](CCCN(C)Cc1cccc(O)c1O)(OC)OC. The van der Waals surface area contributed by atoms with Gasteiger partial charge in [0.1, 0.15) is 0 Å². The molecule has 21 heavy (non-hydrogen) atoms. The van der Waals surface area contributed by atoms with E-state index in [0.717, 1.165) is 19.0 Å². The Hall–Kier alpha value is -1.12. The maximum Gasteiger partial charge on any atom is 0.500 e. The van der Waals surface area contributed by atoms with Gasteiger partial charge in [0.25, 0.3) is 0 Å². The van der Waals surface area contributed by atoms with E-state index < -0.39 is 8.80 Å². The second-order valence-corrected chi connectivity index (χ2v) is 8.01. The summed E-state index contributed by atoms with van der Waals surface area (Å²) < 4.78 is 16.1. The van der Waals surface area contributed by atoms with Crippen molar-refractivity contribution in [1.82, 2.24) is 4.90 Å². The number of phenols is 2. The molecule has 0 bridgehead atoms. The highest BCUT2D eigenvalue weighted by atomic mass is 28.4. The Labute approximate surface area is 127 Å². The summed E-state index contributed by atoms with van der Waals surface area (Å²) in [5.41, 5.74) is 0.700. The van der Waals surface area contributed by atoms with Crippen molar-refractivity contribution in [3.8, 4) is 11.5 Å². The van der Waals surface area contributed by atoms with E-state index in [9.17, 15) is 10.2 Å². The fraction of sp³-hybridized carbons (Fsp3) is 0.571. The van der Waals surface area contributed by atoms with Gasteiger partial charge in [0.05, 0.1) is 0 Å². The first kappa shape index (κ1) is 17.9. The molecule has 0 saturated carbocycles. The summed E-state index contributed by atoms with van der Waals surface area (Å²) in [6.07, 6.45) is 0.859. The number of rotatable bonds is 9. The van der Waals surface area contributed by atoms with Crippen molar-refractivity contribution in [3.05, 3.63) is 23.8 Å². The van der Waals surface area contributed by atoms with Gasteiger partial charge in [0.15, 0.2) is 11.5 Å². The molecule has 120 valence electrons. The molecule has 1 aromatic carbocycles. The smallest absolute Gasteiger partial charge is 0.500 e. The van der Waals surface area contributed by atoms with Gasteiger partial charge in [-0.25, -0.2) is 0 Å². The van der Waals surface area contributed by atoms with E-state index in [2.05, 4.69) is 4.90 Å². The van der Waals surface area contributed by atoms with Gasteiger partial charge in [-0.05, 0) is 26.1 Å². The van der Waals surface area contributed by atoms with Gasteiger partial charge in [-0.2, -0.15) is 0 Å². The lowest BCUT2D eigenvalue weighted by Gasteiger charge is -2.25. The Morgan fingerprint density at radius 2 is 1.71 bits per heavy atom. The normalized spacial score (nSPS) is 12.0. The van der Waals surface area contributed by atoms with Crippen molar-refractivity contribution in [2.75, 3.05) is 34.9 Å². The summed E-state index contributed by atoms with van der Waals surface area (Å²) in [4.78, 5) is 2.06. The second kappa shape index (κ2) is 8.35. The van der Waals surface area contributed by atoms with Gasteiger partial charge in [-0.1, -0.05) is 12.1 Å². The summed E-state index contributed by atoms with van der Waals surface area (Å²) >= 11 is 0. The molecule has 0 aliphatic carbocycles. The summed E-state index contributed by atoms with van der Waals surface area (Å²) in [5.74, 6) is -0.149. The summed E-state index contributed by atoms with van der Waals surface area (Å²) in [5, 5.41) is 19.3. The summed E-state index contributed by atoms with van der Waals surface area (Å²) in [6, 6.07) is 5.71. The van der Waals surface area contributed by atoms with Crippen LogP contribution in [0.3, 0.4) is 0 Å². The van der Waals surface area contributed by atoms with E-state index in [-0.39, 0.29) is 11.5 Å². The van der Waals surface area contributed by atoms with E-state index in [1.807, 2.05) is 7.05 Å². The molecule has 0 spiro atoms. The molecule has 0 aromatic heterocycles. The molecular formula is C14H25NO5Si. The van der Waals surface area contributed by atoms with Crippen LogP contribution in [-0.2, 0) is 19.8 Å². The van der Waals surface area contributed by atoms with Crippen molar-refractivity contribution in [2.24, 2.45) is 0 Å². The van der Waals surface area contributed by atoms with Gasteiger partial charge in [0.2, 0.25) is 0 Å². The third kappa shape index (κ3) is 4.97. The number of para-hydroxylation sites is 1. The maximum atomic E-state index is 9.79. The first-order valence-electron chi connectivity index (χ1n) is 6.82. The monoisotopic (exact) mass is 315 g/mol. The quantitative estimate of drug-likeness (QED) is 0.535. The predicted molar refractivity (Wildman–Crippen MR) is 82.3 cm³/mol. The van der Waals surface area contributed by atoms with Crippen LogP contribution in [0.5, 0.6) is 11.5 Å². The van der Waals surface area contributed by atoms with Crippen LogP contribution >= 0.6 is 0 Å². The number of hydrogen-bond acceptors (Lipinski definition) is 6. The van der Waals surface area contributed by atoms with Crippen molar-refractivity contribution < 1.29 is 23.5 Å². The fourth-order valence-electron chi connectivity index (χ4n) is 2.20. The molecule has 2 N–H and O–H groups in total. The third-order valence-corrected chi connectivity index (χ3v) is 6.33. The molecule has 0 saturated heterocycles. The van der Waals surface area contributed by atoms with Crippen LogP contribution in [0.25, 0.3) is 0 Å². The molecule has 0 radical (unpaired) electrons. The highest BCUT2D eigenvalue weighted by Gasteiger charge is 2.36. The molecule has 1 rings (SSSR count). The lowest BCUT2D eigenvalue weighted by molar-refractivity contribution is 0.121. The highest BCUT2D eigenvalue weighted by Crippen LogP contribution is 2.29. The van der Waals surface area contributed by atoms with Gasteiger partial charge in [-0.3, -0.25) is 0 Å². The van der Waals surface area contributed by atoms with Gasteiger partial charge >= 0.3 is 8.80 Å². The number of benzene rings is 1. The van der Waals surface area contributed by atoms with Crippen molar-refractivity contribution in [2.45, 2.75) is 19.0 Å². The van der Waals surface area contributed by atoms with E-state index in [0.29, 0.717) is 12.1 Å². The molecule has 1 aromatic rings. The van der Waals surface area contributed by atoms with Crippen molar-refractivity contribution in [3.63, 3.8) is 0 Å². The zero-order valence-electron chi connectivity index (χ0n) is 13.1. The number of phenolic OH excluding ortho intramolecular Hbond substituents is 2. The standard InChI is InChI=1S/C14H25NO5Si/c1-15(9-6-10-21(18-2,19-3)20-4)11-12-7-5-8-13(16)14(12)17/h5,7-8,16-17H,6,9-11H2,1-4H3. The van der Waals surface area contributed by atoms with Crippen LogP contribution in [0.1, 0.15) is 12.0 Å². The Balaban J connectivity index is 2.48. The molecule has 0 aliphatic heterocycles. The molecule has 0 aliphatic rings. The van der Waals surface area contributed by atoms with Crippen molar-refractivity contribution >= 4 is 8.80 Å². The molecule has 6 nitrogen and oxygen atoms in total. The van der Waals surface area contributed by atoms with E-state index in [1.54, 1.807) is 33.5 Å². The number of nitrogens with zero attached hydrogens (tertiary/aromatic N) is 1. The molecule has 0 atom stereocenters. The van der Waals surface area contributed by atoms with Crippen LogP contribution in [0, 0.1) is 0 Å². The van der Waals surface area contributed by atoms with E-state index >= 15 is 0 Å². The first-order chi connectivity index (χ1) is 9.98. The van der Waals surface area contributed by atoms with Crippen LogP contribution in [0.4, 0.5) is 0 Å². The van der Waals surface area contributed by atoms with Crippen LogP contribution < -0.4 is 0 Å². The minimum absolute atomic E-state index is 0.0567. The molecule has 0 unspecified atom stereocenters. The fourth-order valence-corrected chi connectivity index (χ4v) is 3.90. The Morgan fingerprint density at radius 1 is 1.10 bits per heavy atom. The zero-order valence-corrected chi connectivity index (χ0v) is 14.1. The Bertz CT molecular complexity index is 431. The Morgan fingerprint density at radius 3 is 2.29 bits per heavy atom.